The van der Waals surface area contributed by atoms with E-state index in [1.165, 1.54) is 6.07 Å². The lowest BCUT2D eigenvalue weighted by molar-refractivity contribution is -0.147. The third-order valence-electron chi connectivity index (χ3n) is 7.35. The highest BCUT2D eigenvalue weighted by Gasteiger charge is 2.60. The normalized spacial score (nSPS) is 32.0. The van der Waals surface area contributed by atoms with Crippen LogP contribution in [0.1, 0.15) is 41.9 Å². The van der Waals surface area contributed by atoms with Crippen LogP contribution in [0.15, 0.2) is 29.0 Å². The molecule has 1 saturated carbocycles. The van der Waals surface area contributed by atoms with Crippen molar-refractivity contribution >= 4 is 23.2 Å². The van der Waals surface area contributed by atoms with E-state index in [4.69, 9.17) is 10.5 Å². The van der Waals surface area contributed by atoms with Gasteiger partial charge in [0.1, 0.15) is 22.8 Å². The summed E-state index contributed by atoms with van der Waals surface area (Å²) in [6, 6.07) is 3.25. The number of carbonyl (C=O) groups is 3. The van der Waals surface area contributed by atoms with Crippen molar-refractivity contribution in [3.8, 4) is 5.75 Å². The van der Waals surface area contributed by atoms with Gasteiger partial charge < -0.3 is 30.9 Å². The molecule has 0 spiro atoms. The van der Waals surface area contributed by atoms with Crippen molar-refractivity contribution in [1.29, 1.82) is 0 Å². The fourth-order valence-electron chi connectivity index (χ4n) is 5.81. The minimum Gasteiger partial charge on any atom is -0.508 e. The smallest absolute Gasteiger partial charge is 0.255 e. The van der Waals surface area contributed by atoms with Crippen molar-refractivity contribution in [2.75, 3.05) is 13.2 Å². The summed E-state index contributed by atoms with van der Waals surface area (Å²) >= 11 is 0. The molecular weight excluding hydrogens is 418 g/mol. The Kier molecular flexibility index (Phi) is 4.48. The van der Waals surface area contributed by atoms with Crippen LogP contribution in [-0.4, -0.2) is 56.7 Å². The van der Waals surface area contributed by atoms with Crippen molar-refractivity contribution in [2.24, 2.45) is 17.6 Å². The number of primary amides is 1. The number of hydrogen-bond acceptors (Lipinski definition) is 8. The van der Waals surface area contributed by atoms with Gasteiger partial charge in [-0.15, -0.1) is 0 Å². The number of amides is 1. The molecular formula is C23H23NO8. The molecule has 0 aromatic heterocycles. The zero-order valence-electron chi connectivity index (χ0n) is 17.1. The Morgan fingerprint density at radius 1 is 1.12 bits per heavy atom. The van der Waals surface area contributed by atoms with Gasteiger partial charge in [0.15, 0.2) is 11.4 Å². The zero-order valence-corrected chi connectivity index (χ0v) is 17.1. The summed E-state index contributed by atoms with van der Waals surface area (Å²) in [7, 11) is 0. The van der Waals surface area contributed by atoms with E-state index in [2.05, 4.69) is 0 Å². The van der Waals surface area contributed by atoms with Crippen LogP contribution >= 0.6 is 0 Å². The standard InChI is InChI=1S/C23H23NO8/c24-22(30)18-15(26)7-11-5-10-6-13-12(9-3-4-32-8-9)1-2-14(25)17(13)19(27)16(10)20(28)23(11,31)21(18)29/h1-2,9-11,25,27,29,31H,3-8H2,(H2,24,30)/t9?,10-,11+,23+/m1/s1. The van der Waals surface area contributed by atoms with E-state index >= 15 is 0 Å². The Morgan fingerprint density at radius 2 is 1.88 bits per heavy atom. The van der Waals surface area contributed by atoms with Gasteiger partial charge in [-0.25, -0.2) is 0 Å². The molecule has 4 aliphatic rings. The second-order valence-electron chi connectivity index (χ2n) is 8.99. The molecule has 1 aromatic rings. The molecule has 6 N–H and O–H groups in total. The lowest BCUT2D eigenvalue weighted by atomic mass is 9.59. The topological polar surface area (TPSA) is 167 Å². The minimum absolute atomic E-state index is 0.0938. The molecule has 0 radical (unpaired) electrons. The van der Waals surface area contributed by atoms with Gasteiger partial charge in [0.2, 0.25) is 5.78 Å². The highest BCUT2D eigenvalue weighted by atomic mass is 16.5. The van der Waals surface area contributed by atoms with E-state index in [1.807, 2.05) is 0 Å². The van der Waals surface area contributed by atoms with Gasteiger partial charge in [-0.05, 0) is 42.4 Å². The number of Topliss-reactive ketones (excluding diaryl/α,β-unsaturated/α-hetero) is 2. The maximum Gasteiger partial charge on any atom is 0.255 e. The number of fused-ring (bicyclic) bond motifs is 3. The summed E-state index contributed by atoms with van der Waals surface area (Å²) < 4.78 is 5.49. The molecule has 5 rings (SSSR count). The number of phenolic OH excluding ortho intramolecular Hbond substituents is 1. The summed E-state index contributed by atoms with van der Waals surface area (Å²) in [5.74, 6) is -6.09. The molecule has 9 nitrogen and oxygen atoms in total. The van der Waals surface area contributed by atoms with Gasteiger partial charge in [-0.3, -0.25) is 14.4 Å². The Balaban J connectivity index is 1.68. The third-order valence-corrected chi connectivity index (χ3v) is 7.35. The van der Waals surface area contributed by atoms with E-state index in [0.29, 0.717) is 25.2 Å². The molecule has 1 aliphatic heterocycles. The number of ether oxygens (including phenoxy) is 1. The number of aromatic hydroxyl groups is 1. The summed E-state index contributed by atoms with van der Waals surface area (Å²) in [5.41, 5.74) is 3.49. The van der Waals surface area contributed by atoms with Crippen LogP contribution < -0.4 is 5.73 Å². The minimum atomic E-state index is -2.54. The number of carbonyl (C=O) groups excluding carboxylic acids is 3. The lowest BCUT2D eigenvalue weighted by Gasteiger charge is -2.46. The van der Waals surface area contributed by atoms with E-state index in [0.717, 1.165) is 12.0 Å². The van der Waals surface area contributed by atoms with Crippen LogP contribution in [0.25, 0.3) is 5.76 Å². The average Bonchev–Trinajstić information content (AvgIpc) is 3.25. The van der Waals surface area contributed by atoms with E-state index in [9.17, 15) is 34.8 Å². The van der Waals surface area contributed by atoms with Gasteiger partial charge in [0, 0.05) is 30.4 Å². The zero-order chi connectivity index (χ0) is 22.9. The van der Waals surface area contributed by atoms with Gasteiger partial charge >= 0.3 is 0 Å². The highest BCUT2D eigenvalue weighted by Crippen LogP contribution is 2.52. The van der Waals surface area contributed by atoms with E-state index in [1.54, 1.807) is 6.07 Å². The molecule has 3 aliphatic carbocycles. The molecule has 1 saturated heterocycles. The van der Waals surface area contributed by atoms with Gasteiger partial charge in [-0.1, -0.05) is 6.07 Å². The van der Waals surface area contributed by atoms with Crippen molar-refractivity contribution in [3.63, 3.8) is 0 Å². The Bertz CT molecular complexity index is 1140. The predicted octanol–water partition coefficient (Wildman–Crippen LogP) is 0.928. The van der Waals surface area contributed by atoms with Gasteiger partial charge in [-0.2, -0.15) is 0 Å². The number of ketones is 2. The van der Waals surface area contributed by atoms with Crippen LogP contribution in [0.5, 0.6) is 5.75 Å². The van der Waals surface area contributed by atoms with Crippen LogP contribution in [0.4, 0.5) is 0 Å². The van der Waals surface area contributed by atoms with E-state index < -0.39 is 52.0 Å². The Hall–Kier alpha value is -3.17. The molecule has 9 heteroatoms. The van der Waals surface area contributed by atoms with Gasteiger partial charge in [0.05, 0.1) is 12.2 Å². The number of rotatable bonds is 2. The first kappa shape index (κ1) is 20.7. The number of nitrogens with two attached hydrogens (primary N) is 1. The summed E-state index contributed by atoms with van der Waals surface area (Å²) in [4.78, 5) is 37.5. The Morgan fingerprint density at radius 3 is 2.53 bits per heavy atom. The fraction of sp³-hybridized carbons (Fsp3) is 0.435. The maximum atomic E-state index is 13.4. The highest BCUT2D eigenvalue weighted by molar-refractivity contribution is 6.22. The molecule has 168 valence electrons. The van der Waals surface area contributed by atoms with E-state index in [-0.39, 0.29) is 35.6 Å². The van der Waals surface area contributed by atoms with Gasteiger partial charge in [0.25, 0.3) is 5.91 Å². The first-order chi connectivity index (χ1) is 15.2. The SMILES string of the molecule is NC(=O)C1=C(O)[C@@]2(O)C(=O)C3=C(O)c4c(O)ccc(C5CCOC5)c4C[C@H]3C[C@H]2CC1=O. The van der Waals surface area contributed by atoms with Crippen LogP contribution in [0.3, 0.4) is 0 Å². The van der Waals surface area contributed by atoms with Crippen molar-refractivity contribution < 1.29 is 39.5 Å². The fourth-order valence-corrected chi connectivity index (χ4v) is 5.81. The molecule has 4 atom stereocenters. The summed E-state index contributed by atoms with van der Waals surface area (Å²) in [5, 5.41) is 43.4. The number of phenols is 1. The monoisotopic (exact) mass is 441 g/mol. The molecule has 32 heavy (non-hydrogen) atoms. The summed E-state index contributed by atoms with van der Waals surface area (Å²) in [6.45, 7) is 1.13. The first-order valence-electron chi connectivity index (χ1n) is 10.6. The third kappa shape index (κ3) is 2.61. The van der Waals surface area contributed by atoms with Crippen LogP contribution in [0, 0.1) is 11.8 Å². The largest absolute Gasteiger partial charge is 0.508 e. The van der Waals surface area contributed by atoms with Crippen molar-refractivity contribution in [3.05, 3.63) is 45.7 Å². The number of hydrogen-bond donors (Lipinski definition) is 5. The molecule has 0 bridgehead atoms. The second kappa shape index (κ2) is 6.91. The Labute approximate surface area is 182 Å². The van der Waals surface area contributed by atoms with Crippen molar-refractivity contribution in [1.82, 2.24) is 0 Å². The summed E-state index contributed by atoms with van der Waals surface area (Å²) in [6.07, 6.45) is 0.905. The number of aliphatic hydroxyl groups excluding tert-OH is 2. The predicted molar refractivity (Wildman–Crippen MR) is 110 cm³/mol. The van der Waals surface area contributed by atoms with Crippen LogP contribution in [0.2, 0.25) is 0 Å². The maximum absolute atomic E-state index is 13.4. The number of benzene rings is 1. The average molecular weight is 441 g/mol. The lowest BCUT2D eigenvalue weighted by Crippen LogP contribution is -2.58. The van der Waals surface area contributed by atoms with Crippen molar-refractivity contribution in [2.45, 2.75) is 37.2 Å². The first-order valence-corrected chi connectivity index (χ1v) is 10.6. The number of aliphatic hydroxyl groups is 3. The molecule has 1 unspecified atom stereocenters. The molecule has 1 heterocycles. The quantitative estimate of drug-likeness (QED) is 0.422. The molecule has 2 fully saturated rings. The molecule has 1 aromatic carbocycles. The van der Waals surface area contributed by atoms with Crippen LogP contribution in [-0.2, 0) is 25.5 Å². The molecule has 1 amide bonds. The second-order valence-corrected chi connectivity index (χ2v) is 8.99.